The van der Waals surface area contributed by atoms with E-state index in [4.69, 9.17) is 5.73 Å². The lowest BCUT2D eigenvalue weighted by molar-refractivity contribution is -0.124. The van der Waals surface area contributed by atoms with Gasteiger partial charge in [0.2, 0.25) is 10.0 Å². The summed E-state index contributed by atoms with van der Waals surface area (Å²) in [5, 5.41) is 0. The van der Waals surface area contributed by atoms with Gasteiger partial charge in [-0.2, -0.15) is 0 Å². The lowest BCUT2D eigenvalue weighted by atomic mass is 9.97. The highest BCUT2D eigenvalue weighted by Gasteiger charge is 2.28. The van der Waals surface area contributed by atoms with Gasteiger partial charge in [0.1, 0.15) is 0 Å². The van der Waals surface area contributed by atoms with Gasteiger partial charge in [0, 0.05) is 0 Å². The molecular formula is C7H16N2O3S. The normalized spacial score (nSPS) is 16.3. The van der Waals surface area contributed by atoms with E-state index in [1.165, 1.54) is 6.92 Å². The van der Waals surface area contributed by atoms with Crippen LogP contribution in [0, 0.1) is 0 Å². The number of nitrogens with one attached hydrogen (secondary N) is 1. The van der Waals surface area contributed by atoms with E-state index in [2.05, 4.69) is 0 Å². The van der Waals surface area contributed by atoms with Crippen LogP contribution in [0.5, 0.6) is 0 Å². The molecule has 0 aliphatic rings. The SMILES string of the molecule is CCCC(C)(N)C(=O)NS(C)(=O)=O. The predicted molar refractivity (Wildman–Crippen MR) is 50.5 cm³/mol. The van der Waals surface area contributed by atoms with E-state index in [0.717, 1.165) is 12.7 Å². The molecule has 1 atom stereocenters. The second-order valence-corrected chi connectivity index (χ2v) is 5.12. The molecule has 13 heavy (non-hydrogen) atoms. The van der Waals surface area contributed by atoms with Crippen molar-refractivity contribution in [2.75, 3.05) is 6.26 Å². The van der Waals surface area contributed by atoms with Gasteiger partial charge < -0.3 is 5.73 Å². The summed E-state index contributed by atoms with van der Waals surface area (Å²) in [6, 6.07) is 0. The van der Waals surface area contributed by atoms with Crippen LogP contribution in [0.4, 0.5) is 0 Å². The Bertz CT molecular complexity index is 282. The highest BCUT2D eigenvalue weighted by atomic mass is 32.2. The number of nitrogens with two attached hydrogens (primary N) is 1. The number of sulfonamides is 1. The molecule has 0 fully saturated rings. The van der Waals surface area contributed by atoms with Crippen molar-refractivity contribution in [2.24, 2.45) is 5.73 Å². The minimum Gasteiger partial charge on any atom is -0.318 e. The number of amides is 1. The first-order valence-electron chi connectivity index (χ1n) is 4.00. The van der Waals surface area contributed by atoms with E-state index in [-0.39, 0.29) is 0 Å². The topological polar surface area (TPSA) is 89.3 Å². The summed E-state index contributed by atoms with van der Waals surface area (Å²) in [6.07, 6.45) is 2.10. The van der Waals surface area contributed by atoms with Crippen LogP contribution in [-0.4, -0.2) is 26.1 Å². The van der Waals surface area contributed by atoms with Gasteiger partial charge >= 0.3 is 0 Å². The molecule has 0 aliphatic heterocycles. The Kier molecular flexibility index (Phi) is 3.87. The molecule has 0 heterocycles. The molecule has 0 saturated carbocycles. The molecule has 1 unspecified atom stereocenters. The second-order valence-electron chi connectivity index (χ2n) is 3.37. The fourth-order valence-corrected chi connectivity index (χ4v) is 1.49. The first-order valence-corrected chi connectivity index (χ1v) is 5.89. The smallest absolute Gasteiger partial charge is 0.253 e. The van der Waals surface area contributed by atoms with Gasteiger partial charge in [-0.15, -0.1) is 0 Å². The van der Waals surface area contributed by atoms with Crippen molar-refractivity contribution < 1.29 is 13.2 Å². The van der Waals surface area contributed by atoms with Crippen LogP contribution in [0.1, 0.15) is 26.7 Å². The third-order valence-electron chi connectivity index (χ3n) is 1.57. The largest absolute Gasteiger partial charge is 0.318 e. The number of hydrogen-bond acceptors (Lipinski definition) is 4. The Labute approximate surface area is 78.7 Å². The number of rotatable bonds is 4. The van der Waals surface area contributed by atoms with Gasteiger partial charge in [0.25, 0.3) is 5.91 Å². The summed E-state index contributed by atoms with van der Waals surface area (Å²) in [5.74, 6) is -0.656. The van der Waals surface area contributed by atoms with Gasteiger partial charge in [-0.1, -0.05) is 13.3 Å². The Balaban J connectivity index is 4.43. The summed E-state index contributed by atoms with van der Waals surface area (Å²) in [6.45, 7) is 3.38. The second kappa shape index (κ2) is 4.06. The average Bonchev–Trinajstić information content (AvgIpc) is 1.82. The van der Waals surface area contributed by atoms with E-state index >= 15 is 0 Å². The molecule has 0 saturated heterocycles. The third-order valence-corrected chi connectivity index (χ3v) is 2.12. The summed E-state index contributed by atoms with van der Waals surface area (Å²) in [7, 11) is -3.50. The highest BCUT2D eigenvalue weighted by molar-refractivity contribution is 7.89. The maximum Gasteiger partial charge on any atom is 0.253 e. The number of carbonyl (C=O) groups is 1. The first kappa shape index (κ1) is 12.4. The molecule has 0 rings (SSSR count). The molecule has 0 aromatic heterocycles. The van der Waals surface area contributed by atoms with Crippen LogP contribution in [0.3, 0.4) is 0 Å². The Morgan fingerprint density at radius 2 is 2.00 bits per heavy atom. The van der Waals surface area contributed by atoms with Crippen LogP contribution >= 0.6 is 0 Å². The van der Waals surface area contributed by atoms with Crippen LogP contribution in [0.25, 0.3) is 0 Å². The molecule has 1 amide bonds. The van der Waals surface area contributed by atoms with Crippen molar-refractivity contribution in [1.82, 2.24) is 4.72 Å². The van der Waals surface area contributed by atoms with Crippen molar-refractivity contribution in [2.45, 2.75) is 32.2 Å². The summed E-state index contributed by atoms with van der Waals surface area (Å²) in [4.78, 5) is 11.3. The van der Waals surface area contributed by atoms with Gasteiger partial charge in [0.15, 0.2) is 0 Å². The maximum atomic E-state index is 11.3. The molecule has 0 aliphatic carbocycles. The molecule has 3 N–H and O–H groups in total. The molecule has 0 bridgehead atoms. The fraction of sp³-hybridized carbons (Fsp3) is 0.857. The number of hydrogen-bond donors (Lipinski definition) is 2. The van der Waals surface area contributed by atoms with E-state index in [1.54, 1.807) is 0 Å². The van der Waals surface area contributed by atoms with E-state index in [1.807, 2.05) is 11.6 Å². The Morgan fingerprint density at radius 3 is 2.31 bits per heavy atom. The van der Waals surface area contributed by atoms with Crippen molar-refractivity contribution in [3.63, 3.8) is 0 Å². The van der Waals surface area contributed by atoms with Gasteiger partial charge in [0.05, 0.1) is 11.8 Å². The number of carbonyl (C=O) groups excluding carboxylic acids is 1. The first-order chi connectivity index (χ1) is 5.69. The fourth-order valence-electron chi connectivity index (χ4n) is 0.918. The van der Waals surface area contributed by atoms with Crippen LogP contribution in [-0.2, 0) is 14.8 Å². The zero-order valence-electron chi connectivity index (χ0n) is 8.12. The molecule has 0 spiro atoms. The summed E-state index contributed by atoms with van der Waals surface area (Å²) in [5.41, 5.74) is 4.49. The standard InChI is InChI=1S/C7H16N2O3S/c1-4-5-7(2,8)6(10)9-13(3,11)12/h4-5,8H2,1-3H3,(H,9,10). The Morgan fingerprint density at radius 1 is 1.54 bits per heavy atom. The van der Waals surface area contributed by atoms with Crippen molar-refractivity contribution in [3.8, 4) is 0 Å². The zero-order chi connectivity index (χ0) is 10.7. The molecule has 78 valence electrons. The minimum absolute atomic E-state index is 0.453. The highest BCUT2D eigenvalue weighted by Crippen LogP contribution is 2.08. The van der Waals surface area contributed by atoms with E-state index in [9.17, 15) is 13.2 Å². The maximum absolute atomic E-state index is 11.3. The van der Waals surface area contributed by atoms with Crippen LogP contribution < -0.4 is 10.5 Å². The van der Waals surface area contributed by atoms with Gasteiger partial charge in [-0.25, -0.2) is 8.42 Å². The predicted octanol–water partition coefficient (Wildman–Crippen LogP) is -0.420. The molecule has 0 aromatic carbocycles. The molecule has 6 heteroatoms. The third kappa shape index (κ3) is 4.84. The Hall–Kier alpha value is -0.620. The summed E-state index contributed by atoms with van der Waals surface area (Å²) >= 11 is 0. The van der Waals surface area contributed by atoms with Crippen molar-refractivity contribution >= 4 is 15.9 Å². The van der Waals surface area contributed by atoms with E-state index in [0.29, 0.717) is 6.42 Å². The average molecular weight is 208 g/mol. The van der Waals surface area contributed by atoms with E-state index < -0.39 is 21.5 Å². The lowest BCUT2D eigenvalue weighted by Crippen LogP contribution is -2.52. The molecule has 0 aromatic rings. The van der Waals surface area contributed by atoms with Crippen molar-refractivity contribution in [3.05, 3.63) is 0 Å². The van der Waals surface area contributed by atoms with Gasteiger partial charge in [-0.05, 0) is 13.3 Å². The monoisotopic (exact) mass is 208 g/mol. The lowest BCUT2D eigenvalue weighted by Gasteiger charge is -2.21. The van der Waals surface area contributed by atoms with Gasteiger partial charge in [-0.3, -0.25) is 9.52 Å². The summed E-state index contributed by atoms with van der Waals surface area (Å²) < 4.78 is 23.3. The molecule has 0 radical (unpaired) electrons. The van der Waals surface area contributed by atoms with Crippen LogP contribution in [0.15, 0.2) is 0 Å². The minimum atomic E-state index is -3.50. The quantitative estimate of drug-likeness (QED) is 0.656. The molecule has 5 nitrogen and oxygen atoms in total. The van der Waals surface area contributed by atoms with Crippen LogP contribution in [0.2, 0.25) is 0 Å². The zero-order valence-corrected chi connectivity index (χ0v) is 8.94. The molecular weight excluding hydrogens is 192 g/mol. The van der Waals surface area contributed by atoms with Crippen molar-refractivity contribution in [1.29, 1.82) is 0 Å².